The Kier molecular flexibility index (Phi) is 27.2. The van der Waals surface area contributed by atoms with Crippen molar-refractivity contribution >= 4 is 21.1 Å². The summed E-state index contributed by atoms with van der Waals surface area (Å²) in [7, 11) is 0. The first kappa shape index (κ1) is 17.7. The van der Waals surface area contributed by atoms with E-state index >= 15 is 0 Å². The van der Waals surface area contributed by atoms with Crippen LogP contribution in [0.3, 0.4) is 0 Å². The summed E-state index contributed by atoms with van der Waals surface area (Å²) < 4.78 is 3.25. The molecule has 0 aromatic heterocycles. The minimum Gasteiger partial charge on any atom is -0.269 e. The second-order valence-electron chi connectivity index (χ2n) is 2.46. The zero-order valence-corrected chi connectivity index (χ0v) is 10.4. The van der Waals surface area contributed by atoms with Gasteiger partial charge < -0.3 is 0 Å². The van der Waals surface area contributed by atoms with Crippen molar-refractivity contribution in [2.75, 3.05) is 0 Å². The molecule has 0 N–H and O–H groups in total. The predicted molar refractivity (Wildman–Crippen MR) is 50.2 cm³/mol. The molecule has 0 aliphatic rings. The van der Waals surface area contributed by atoms with E-state index in [-0.39, 0.29) is 30.6 Å². The first-order valence-corrected chi connectivity index (χ1v) is 8.16. The van der Waals surface area contributed by atoms with Gasteiger partial charge in [-0.05, 0) is 0 Å². The molecule has 0 aromatic carbocycles. The van der Waals surface area contributed by atoms with E-state index < -0.39 is 0 Å². The van der Waals surface area contributed by atoms with Crippen molar-refractivity contribution in [1.29, 1.82) is 0 Å². The third-order valence-corrected chi connectivity index (χ3v) is 5.45. The molecule has 0 nitrogen and oxygen atoms in total. The van der Waals surface area contributed by atoms with Gasteiger partial charge in [0.15, 0.2) is 0 Å². The van der Waals surface area contributed by atoms with E-state index in [1.165, 1.54) is 25.7 Å². The summed E-state index contributed by atoms with van der Waals surface area (Å²) in [6.45, 7) is 4.58. The predicted octanol–water partition coefficient (Wildman–Crippen LogP) is 3.43. The van der Waals surface area contributed by atoms with Crippen LogP contribution in [0.2, 0.25) is 8.87 Å². The van der Waals surface area contributed by atoms with Crippen molar-refractivity contribution in [3.63, 3.8) is 0 Å². The molecule has 0 heterocycles. The molecule has 0 aliphatic heterocycles. The van der Waals surface area contributed by atoms with Crippen molar-refractivity contribution in [2.45, 2.75) is 48.4 Å². The number of hydrogen-bond donors (Lipinski definition) is 0. The molecule has 0 fully saturated rings. The Labute approximate surface area is 79.1 Å². The Morgan fingerprint density at radius 2 is 1.18 bits per heavy atom. The zero-order valence-electron chi connectivity index (χ0n) is 7.56. The summed E-state index contributed by atoms with van der Waals surface area (Å²) in [5.74, 6) is 0. The normalized spacial score (nSPS) is 8.18. The van der Waals surface area contributed by atoms with Gasteiger partial charge in [-0.2, -0.15) is 0 Å². The monoisotopic (exact) mass is 274 g/mol. The standard InChI is InChI=1S/2C4H9.2FH.Sn/c2*1-3-4-2;;;/h2*1,3-4H2,2H3;2*1H;. The topological polar surface area (TPSA) is 0 Å². The van der Waals surface area contributed by atoms with E-state index in [0.717, 1.165) is 0 Å². The second-order valence-corrected chi connectivity index (χ2v) is 6.74. The molecule has 0 amide bonds. The molecule has 70 valence electrons. The maximum absolute atomic E-state index is 2.29. The Morgan fingerprint density at radius 3 is 1.45 bits per heavy atom. The SMILES string of the molecule is CCC[CH2][Sn][CH2]CCC.F.F. The summed E-state index contributed by atoms with van der Waals surface area (Å²) in [5, 5.41) is 0. The van der Waals surface area contributed by atoms with E-state index in [9.17, 15) is 0 Å². The molecular formula is C8H20F2Sn. The van der Waals surface area contributed by atoms with Gasteiger partial charge in [0.25, 0.3) is 0 Å². The molecular weight excluding hydrogens is 253 g/mol. The zero-order chi connectivity index (χ0) is 6.95. The van der Waals surface area contributed by atoms with Gasteiger partial charge in [-0.1, -0.05) is 0 Å². The van der Waals surface area contributed by atoms with E-state index in [0.29, 0.717) is 0 Å². The smallest absolute Gasteiger partial charge is 0.269 e. The minimum absolute atomic E-state index is 0. The Morgan fingerprint density at radius 1 is 0.818 bits per heavy atom. The van der Waals surface area contributed by atoms with Gasteiger partial charge in [0.2, 0.25) is 0 Å². The van der Waals surface area contributed by atoms with Crippen LogP contribution in [0, 0.1) is 0 Å². The minimum atomic E-state index is 0. The molecule has 0 aromatic rings. The van der Waals surface area contributed by atoms with Crippen LogP contribution in [-0.2, 0) is 0 Å². The molecule has 0 saturated heterocycles. The van der Waals surface area contributed by atoms with Crippen molar-refractivity contribution in [3.8, 4) is 0 Å². The fraction of sp³-hybridized carbons (Fsp3) is 1.00. The number of halogens is 2. The van der Waals surface area contributed by atoms with Crippen LogP contribution in [-0.4, -0.2) is 21.1 Å². The molecule has 0 rings (SSSR count). The van der Waals surface area contributed by atoms with Gasteiger partial charge in [0.05, 0.1) is 0 Å². The number of hydrogen-bond acceptors (Lipinski definition) is 0. The Hall–Kier alpha value is 0.659. The fourth-order valence-electron chi connectivity index (χ4n) is 0.729. The van der Waals surface area contributed by atoms with Crippen molar-refractivity contribution in [1.82, 2.24) is 0 Å². The van der Waals surface area contributed by atoms with Gasteiger partial charge in [-0.25, -0.2) is 0 Å². The fourth-order valence-corrected chi connectivity index (χ4v) is 4.89. The Balaban J connectivity index is -0.000000320. The van der Waals surface area contributed by atoms with E-state index in [4.69, 9.17) is 0 Å². The maximum atomic E-state index is 2.29. The van der Waals surface area contributed by atoms with Crippen molar-refractivity contribution in [2.24, 2.45) is 0 Å². The number of unbranched alkanes of at least 4 members (excludes halogenated alkanes) is 2. The van der Waals surface area contributed by atoms with Crippen LogP contribution in [0.25, 0.3) is 0 Å². The van der Waals surface area contributed by atoms with Crippen molar-refractivity contribution in [3.05, 3.63) is 0 Å². The average Bonchev–Trinajstić information content (AvgIpc) is 1.89. The largest absolute Gasteiger partial charge is 0.269 e. The molecule has 2 radical (unpaired) electrons. The van der Waals surface area contributed by atoms with Gasteiger partial charge in [0, 0.05) is 0 Å². The molecule has 0 aliphatic carbocycles. The maximum Gasteiger partial charge on any atom is -0.269 e. The summed E-state index contributed by atoms with van der Waals surface area (Å²) in [6, 6.07) is 0. The Bertz CT molecular complexity index is 45.4. The summed E-state index contributed by atoms with van der Waals surface area (Å²) in [6.07, 6.45) is 5.84. The molecule has 0 bridgehead atoms. The first-order valence-electron chi connectivity index (χ1n) is 4.12. The van der Waals surface area contributed by atoms with Crippen LogP contribution < -0.4 is 0 Å². The molecule has 0 unspecified atom stereocenters. The van der Waals surface area contributed by atoms with E-state index in [1.54, 1.807) is 8.87 Å². The average molecular weight is 273 g/mol. The van der Waals surface area contributed by atoms with Crippen LogP contribution in [0.5, 0.6) is 0 Å². The number of rotatable bonds is 6. The van der Waals surface area contributed by atoms with Crippen LogP contribution in [0.1, 0.15) is 39.5 Å². The molecule has 0 spiro atoms. The second kappa shape index (κ2) is 17.0. The molecule has 0 saturated carbocycles. The van der Waals surface area contributed by atoms with E-state index in [1.807, 2.05) is 0 Å². The van der Waals surface area contributed by atoms with Crippen molar-refractivity contribution < 1.29 is 9.41 Å². The molecule has 0 atom stereocenters. The first-order chi connectivity index (χ1) is 4.41. The van der Waals surface area contributed by atoms with Crippen LogP contribution >= 0.6 is 0 Å². The summed E-state index contributed by atoms with van der Waals surface area (Å²) >= 11 is 0.149. The summed E-state index contributed by atoms with van der Waals surface area (Å²) in [5.41, 5.74) is 0. The van der Waals surface area contributed by atoms with Gasteiger partial charge in [0.1, 0.15) is 0 Å². The van der Waals surface area contributed by atoms with Gasteiger partial charge in [-0.3, -0.25) is 9.41 Å². The van der Waals surface area contributed by atoms with Crippen LogP contribution in [0.4, 0.5) is 9.41 Å². The molecule has 11 heavy (non-hydrogen) atoms. The van der Waals surface area contributed by atoms with Gasteiger partial charge in [-0.15, -0.1) is 0 Å². The molecule has 3 heteroatoms. The third-order valence-electron chi connectivity index (χ3n) is 1.41. The quantitative estimate of drug-likeness (QED) is 0.513. The van der Waals surface area contributed by atoms with E-state index in [2.05, 4.69) is 13.8 Å². The van der Waals surface area contributed by atoms with Crippen LogP contribution in [0.15, 0.2) is 0 Å². The summed E-state index contributed by atoms with van der Waals surface area (Å²) in [4.78, 5) is 0. The third kappa shape index (κ3) is 18.0. The van der Waals surface area contributed by atoms with Gasteiger partial charge >= 0.3 is 69.5 Å².